The van der Waals surface area contributed by atoms with Crippen molar-refractivity contribution in [3.63, 3.8) is 0 Å². The Kier molecular flexibility index (Phi) is 8.52. The number of carbonyl (C=O) groups excluding carboxylic acids is 5. The van der Waals surface area contributed by atoms with Gasteiger partial charge in [-0.3, -0.25) is 33.9 Å². The number of aromatic nitrogens is 1. The van der Waals surface area contributed by atoms with Gasteiger partial charge in [-0.25, -0.2) is 0 Å². The molecule has 0 radical (unpaired) electrons. The molecule has 0 bridgehead atoms. The van der Waals surface area contributed by atoms with Crippen molar-refractivity contribution in [2.75, 3.05) is 33.2 Å². The van der Waals surface area contributed by atoms with Crippen molar-refractivity contribution >= 4 is 40.9 Å². The molecule has 1 aromatic heterocycles. The molecule has 1 saturated heterocycles. The van der Waals surface area contributed by atoms with Crippen LogP contribution in [0.1, 0.15) is 79.7 Å². The monoisotopic (exact) mass is 655 g/mol. The van der Waals surface area contributed by atoms with Crippen molar-refractivity contribution in [3.8, 4) is 5.75 Å². The van der Waals surface area contributed by atoms with Gasteiger partial charge in [-0.2, -0.15) is 0 Å². The lowest BCUT2D eigenvalue weighted by Crippen LogP contribution is -2.51. The summed E-state index contributed by atoms with van der Waals surface area (Å²) in [5.74, 6) is -1.49. The standard InChI is InChI=1S/C35H37N5O6S/c1-36-31(41)23-8-2-3-9-24(23)32(42)39-16-13-21-7-6-12-28(46-22-14-15-38(18-22)35(45)29-17-37-20-47-29)30(21)27(39)19-40-33(43)25-10-4-5-11-26(25)34(40)44/h4-7,10-12,17,20,22-24,27H,2-3,8-9,13-16,18-19H2,1H3,(H,36,41)/t22-,23-,24+,27+/m0/s1. The highest BCUT2D eigenvalue weighted by Gasteiger charge is 2.45. The largest absolute Gasteiger partial charge is 0.488 e. The van der Waals surface area contributed by atoms with E-state index in [1.165, 1.54) is 16.2 Å². The number of hydrogen-bond donors (Lipinski definition) is 1. The number of carbonyl (C=O) groups is 5. The first kappa shape index (κ1) is 31.0. The highest BCUT2D eigenvalue weighted by molar-refractivity contribution is 7.11. The van der Waals surface area contributed by atoms with Gasteiger partial charge in [-0.15, -0.1) is 11.3 Å². The first-order valence-corrected chi connectivity index (χ1v) is 17.2. The summed E-state index contributed by atoms with van der Waals surface area (Å²) in [7, 11) is 1.60. The van der Waals surface area contributed by atoms with Crippen LogP contribution in [0.2, 0.25) is 0 Å². The van der Waals surface area contributed by atoms with E-state index in [9.17, 15) is 24.0 Å². The molecule has 1 saturated carbocycles. The average molecular weight is 656 g/mol. The van der Waals surface area contributed by atoms with E-state index in [-0.39, 0.29) is 30.4 Å². The summed E-state index contributed by atoms with van der Waals surface area (Å²) in [6.07, 6.45) is 5.46. The summed E-state index contributed by atoms with van der Waals surface area (Å²) in [6.45, 7) is 1.30. The Balaban J connectivity index is 1.22. The number of likely N-dealkylation sites (tertiary alicyclic amines) is 1. The van der Waals surface area contributed by atoms with Crippen molar-refractivity contribution in [2.24, 2.45) is 11.8 Å². The Bertz CT molecular complexity index is 1690. The third-order valence-corrected chi connectivity index (χ3v) is 10.8. The SMILES string of the molecule is CNC(=O)[C@H]1CCCC[C@H]1C(=O)N1CCc2cccc(O[C@H]3CCN(C(=O)c4cncs4)C3)c2[C@H]1CN1C(=O)c2ccccc2C1=O. The summed E-state index contributed by atoms with van der Waals surface area (Å²) < 4.78 is 6.64. The molecule has 0 spiro atoms. The number of nitrogens with one attached hydrogen (secondary N) is 1. The van der Waals surface area contributed by atoms with Crippen LogP contribution in [0, 0.1) is 11.8 Å². The number of imide groups is 1. The van der Waals surface area contributed by atoms with E-state index in [0.717, 1.165) is 24.0 Å². The number of amides is 5. The highest BCUT2D eigenvalue weighted by atomic mass is 32.1. The Labute approximate surface area is 276 Å². The molecule has 11 nitrogen and oxygen atoms in total. The Hall–Kier alpha value is -4.58. The molecule has 244 valence electrons. The van der Waals surface area contributed by atoms with Gasteiger partial charge in [0.2, 0.25) is 11.8 Å². The second-order valence-electron chi connectivity index (χ2n) is 12.6. The minimum atomic E-state index is -0.673. The predicted molar refractivity (Wildman–Crippen MR) is 173 cm³/mol. The smallest absolute Gasteiger partial charge is 0.265 e. The van der Waals surface area contributed by atoms with Crippen molar-refractivity contribution in [3.05, 3.63) is 81.3 Å². The van der Waals surface area contributed by atoms with E-state index in [0.29, 0.717) is 67.1 Å². The number of rotatable bonds is 7. The average Bonchev–Trinajstić information content (AvgIpc) is 3.86. The molecular formula is C35H37N5O6S. The Morgan fingerprint density at radius 3 is 2.40 bits per heavy atom. The molecule has 4 aliphatic rings. The van der Waals surface area contributed by atoms with E-state index >= 15 is 0 Å². The van der Waals surface area contributed by atoms with Gasteiger partial charge in [-0.1, -0.05) is 37.1 Å². The fraction of sp³-hybridized carbons (Fsp3) is 0.429. The Morgan fingerprint density at radius 2 is 1.70 bits per heavy atom. The Morgan fingerprint density at radius 1 is 0.957 bits per heavy atom. The second-order valence-corrected chi connectivity index (χ2v) is 13.5. The van der Waals surface area contributed by atoms with Gasteiger partial charge in [0.15, 0.2) is 0 Å². The quantitative estimate of drug-likeness (QED) is 0.385. The van der Waals surface area contributed by atoms with Gasteiger partial charge < -0.3 is 19.9 Å². The molecule has 12 heteroatoms. The normalized spacial score (nSPS) is 23.8. The molecule has 0 unspecified atom stereocenters. The first-order valence-electron chi connectivity index (χ1n) is 16.3. The summed E-state index contributed by atoms with van der Waals surface area (Å²) in [4.78, 5) is 77.0. The number of benzene rings is 2. The second kappa shape index (κ2) is 12.9. The molecule has 4 atom stereocenters. The number of ether oxygens (including phenoxy) is 1. The van der Waals surface area contributed by atoms with Crippen molar-refractivity contribution in [2.45, 2.75) is 50.7 Å². The maximum atomic E-state index is 14.5. The fourth-order valence-electron chi connectivity index (χ4n) is 7.68. The fourth-order valence-corrected chi connectivity index (χ4v) is 8.26. The molecule has 7 rings (SSSR count). The number of hydrogen-bond acceptors (Lipinski definition) is 8. The summed E-state index contributed by atoms with van der Waals surface area (Å²) in [5, 5.41) is 2.74. The number of nitrogens with zero attached hydrogens (tertiary/aromatic N) is 4. The van der Waals surface area contributed by atoms with E-state index in [4.69, 9.17) is 4.74 Å². The summed E-state index contributed by atoms with van der Waals surface area (Å²) in [6, 6.07) is 11.9. The first-order chi connectivity index (χ1) is 22.9. The van der Waals surface area contributed by atoms with Crippen LogP contribution in [0.25, 0.3) is 0 Å². The molecule has 2 fully saturated rings. The van der Waals surface area contributed by atoms with Gasteiger partial charge in [0.25, 0.3) is 17.7 Å². The van der Waals surface area contributed by atoms with Crippen LogP contribution >= 0.6 is 11.3 Å². The van der Waals surface area contributed by atoms with Crippen LogP contribution in [-0.4, -0.2) is 88.6 Å². The van der Waals surface area contributed by atoms with E-state index in [2.05, 4.69) is 10.3 Å². The third kappa shape index (κ3) is 5.68. The number of thiazole rings is 1. The van der Waals surface area contributed by atoms with Crippen LogP contribution in [0.3, 0.4) is 0 Å². The van der Waals surface area contributed by atoms with Gasteiger partial charge in [0, 0.05) is 44.0 Å². The lowest BCUT2D eigenvalue weighted by Gasteiger charge is -2.43. The maximum Gasteiger partial charge on any atom is 0.265 e. The molecule has 47 heavy (non-hydrogen) atoms. The van der Waals surface area contributed by atoms with Crippen LogP contribution in [0.4, 0.5) is 0 Å². The van der Waals surface area contributed by atoms with Gasteiger partial charge >= 0.3 is 0 Å². The third-order valence-electron chi connectivity index (χ3n) is 10.0. The zero-order chi connectivity index (χ0) is 32.7. The van der Waals surface area contributed by atoms with Crippen LogP contribution < -0.4 is 10.1 Å². The topological polar surface area (TPSA) is 129 Å². The van der Waals surface area contributed by atoms with E-state index in [1.54, 1.807) is 52.8 Å². The maximum absolute atomic E-state index is 14.5. The highest BCUT2D eigenvalue weighted by Crippen LogP contribution is 2.42. The molecule has 1 aliphatic carbocycles. The molecule has 2 aromatic carbocycles. The minimum absolute atomic E-state index is 0.0382. The number of fused-ring (bicyclic) bond motifs is 2. The molecule has 3 aliphatic heterocycles. The molecule has 4 heterocycles. The molecule has 3 aromatic rings. The van der Waals surface area contributed by atoms with E-state index < -0.39 is 29.7 Å². The molecule has 1 N–H and O–H groups in total. The zero-order valence-electron chi connectivity index (χ0n) is 26.2. The van der Waals surface area contributed by atoms with Crippen LogP contribution in [-0.2, 0) is 16.0 Å². The van der Waals surface area contributed by atoms with Gasteiger partial charge in [0.05, 0.1) is 42.0 Å². The summed E-state index contributed by atoms with van der Waals surface area (Å²) >= 11 is 1.31. The van der Waals surface area contributed by atoms with Crippen LogP contribution in [0.5, 0.6) is 5.75 Å². The predicted octanol–water partition coefficient (Wildman–Crippen LogP) is 3.71. The molecular weight excluding hydrogens is 618 g/mol. The summed E-state index contributed by atoms with van der Waals surface area (Å²) in [5.41, 5.74) is 4.08. The van der Waals surface area contributed by atoms with Gasteiger partial charge in [0.1, 0.15) is 16.7 Å². The minimum Gasteiger partial charge on any atom is -0.488 e. The zero-order valence-corrected chi connectivity index (χ0v) is 27.0. The lowest BCUT2D eigenvalue weighted by molar-refractivity contribution is -0.146. The van der Waals surface area contributed by atoms with Crippen molar-refractivity contribution < 1.29 is 28.7 Å². The lowest BCUT2D eigenvalue weighted by atomic mass is 9.77. The van der Waals surface area contributed by atoms with E-state index in [1.807, 2.05) is 18.2 Å². The van der Waals surface area contributed by atoms with Crippen LogP contribution in [0.15, 0.2) is 54.2 Å². The van der Waals surface area contributed by atoms with Crippen molar-refractivity contribution in [1.29, 1.82) is 0 Å². The molecule has 5 amide bonds. The van der Waals surface area contributed by atoms with Gasteiger partial charge in [-0.05, 0) is 43.0 Å². The van der Waals surface area contributed by atoms with Crippen molar-refractivity contribution in [1.82, 2.24) is 25.0 Å².